The average molecular weight is 247 g/mol. The number of hydrogen-bond donors (Lipinski definition) is 4. The normalized spacial score (nSPS) is 15.4. The molecule has 0 saturated heterocycles. The molecule has 0 radical (unpaired) electrons. The molecule has 0 spiro atoms. The number of hydrogen-bond acceptors (Lipinski definition) is 4. The Morgan fingerprint density at radius 1 is 1.14 bits per heavy atom. The van der Waals surface area contributed by atoms with Crippen LogP contribution in [0.5, 0.6) is 0 Å². The zero-order chi connectivity index (χ0) is 9.94. The molecule has 2 unspecified atom stereocenters. The molecule has 0 rings (SSSR count). The molecule has 4 N–H and O–H groups in total. The van der Waals surface area contributed by atoms with Crippen molar-refractivity contribution < 1.29 is 24.6 Å². The van der Waals surface area contributed by atoms with E-state index in [-0.39, 0.29) is 59.1 Å². The summed E-state index contributed by atoms with van der Waals surface area (Å²) in [6, 6.07) is 0. The second-order valence-electron chi connectivity index (χ2n) is 2.58. The third-order valence-electron chi connectivity index (χ3n) is 1.31. The molecule has 0 amide bonds. The van der Waals surface area contributed by atoms with E-state index in [0.717, 1.165) is 4.90 Å². The molecule has 0 aliphatic heterocycles. The Morgan fingerprint density at radius 2 is 1.43 bits per heavy atom. The van der Waals surface area contributed by atoms with Gasteiger partial charge in [0.25, 0.3) is 0 Å². The van der Waals surface area contributed by atoms with Crippen LogP contribution in [0.3, 0.4) is 0 Å². The SMILES string of the molecule is CC(O)N(CP(=O)(O)O)C(C)O.[NaH].[NaH]. The predicted octanol–water partition coefficient (Wildman–Crippen LogP) is -2.20. The summed E-state index contributed by atoms with van der Waals surface area (Å²) in [5, 5.41) is 17.9. The van der Waals surface area contributed by atoms with E-state index in [0.29, 0.717) is 0 Å². The molecule has 0 aromatic heterocycles. The summed E-state index contributed by atoms with van der Waals surface area (Å²) in [7, 11) is -4.22. The van der Waals surface area contributed by atoms with Gasteiger partial charge in [-0.1, -0.05) is 0 Å². The first kappa shape index (κ1) is 21.3. The van der Waals surface area contributed by atoms with E-state index in [2.05, 4.69) is 0 Å². The average Bonchev–Trinajstić information content (AvgIpc) is 1.79. The van der Waals surface area contributed by atoms with Crippen molar-refractivity contribution in [3.8, 4) is 0 Å². The summed E-state index contributed by atoms with van der Waals surface area (Å²) >= 11 is 0. The van der Waals surface area contributed by atoms with Crippen molar-refractivity contribution >= 4 is 66.7 Å². The van der Waals surface area contributed by atoms with Gasteiger partial charge in [-0.15, -0.1) is 0 Å². The molecule has 0 bridgehead atoms. The van der Waals surface area contributed by atoms with Crippen LogP contribution in [0, 0.1) is 0 Å². The number of aliphatic hydroxyl groups excluding tert-OH is 2. The first-order valence-corrected chi connectivity index (χ1v) is 5.20. The summed E-state index contributed by atoms with van der Waals surface area (Å²) in [5.41, 5.74) is 0. The third-order valence-corrected chi connectivity index (χ3v) is 2.00. The molecule has 78 valence electrons. The van der Waals surface area contributed by atoms with Crippen LogP contribution in [0.1, 0.15) is 13.8 Å². The number of aliphatic hydroxyl groups is 2. The van der Waals surface area contributed by atoms with Gasteiger partial charge < -0.3 is 20.0 Å². The molecule has 2 atom stereocenters. The van der Waals surface area contributed by atoms with Gasteiger partial charge in [-0.3, -0.25) is 4.57 Å². The van der Waals surface area contributed by atoms with Crippen LogP contribution >= 0.6 is 7.60 Å². The molecule has 0 fully saturated rings. The van der Waals surface area contributed by atoms with Crippen LogP contribution in [0.2, 0.25) is 0 Å². The van der Waals surface area contributed by atoms with Gasteiger partial charge in [0.1, 0.15) is 18.7 Å². The fourth-order valence-corrected chi connectivity index (χ4v) is 1.66. The zero-order valence-corrected chi connectivity index (χ0v) is 7.85. The Balaban J connectivity index is -0.000000605. The van der Waals surface area contributed by atoms with Crippen molar-refractivity contribution in [1.82, 2.24) is 4.90 Å². The first-order chi connectivity index (χ1) is 5.24. The van der Waals surface area contributed by atoms with E-state index in [9.17, 15) is 4.57 Å². The van der Waals surface area contributed by atoms with Gasteiger partial charge in [-0.25, -0.2) is 4.90 Å². The van der Waals surface area contributed by atoms with Crippen LogP contribution in [0.15, 0.2) is 0 Å². The van der Waals surface area contributed by atoms with E-state index in [1.54, 1.807) is 0 Å². The van der Waals surface area contributed by atoms with Crippen LogP contribution in [-0.4, -0.2) is 103 Å². The standard InChI is InChI=1S/C5H14NO5P.2Na.2H/c1-4(7)6(5(2)8)3-12(9,10)11;;;;/h4-5,7-8H,3H2,1-2H3,(H2,9,10,11);;;;. The Bertz CT molecular complexity index is 177. The molecule has 14 heavy (non-hydrogen) atoms. The molecule has 0 aromatic rings. The van der Waals surface area contributed by atoms with E-state index >= 15 is 0 Å². The Hall–Kier alpha value is 2.03. The minimum atomic E-state index is -4.22. The number of rotatable bonds is 4. The predicted molar refractivity (Wildman–Crippen MR) is 56.4 cm³/mol. The van der Waals surface area contributed by atoms with Crippen molar-refractivity contribution in [2.45, 2.75) is 26.3 Å². The van der Waals surface area contributed by atoms with Crippen molar-refractivity contribution in [2.75, 3.05) is 6.29 Å². The van der Waals surface area contributed by atoms with Gasteiger partial charge >= 0.3 is 66.7 Å². The Morgan fingerprint density at radius 3 is 1.50 bits per heavy atom. The van der Waals surface area contributed by atoms with E-state index in [1.807, 2.05) is 0 Å². The van der Waals surface area contributed by atoms with Crippen LogP contribution in [0.4, 0.5) is 0 Å². The molecular weight excluding hydrogens is 231 g/mol. The maximum atomic E-state index is 10.5. The maximum absolute atomic E-state index is 10.5. The van der Waals surface area contributed by atoms with Gasteiger partial charge in [0.15, 0.2) is 0 Å². The van der Waals surface area contributed by atoms with Crippen molar-refractivity contribution in [3.63, 3.8) is 0 Å². The molecule has 0 aliphatic carbocycles. The summed E-state index contributed by atoms with van der Waals surface area (Å²) in [4.78, 5) is 18.0. The van der Waals surface area contributed by atoms with Gasteiger partial charge in [-0.2, -0.15) is 0 Å². The summed E-state index contributed by atoms with van der Waals surface area (Å²) in [6.45, 7) is 2.64. The zero-order valence-electron chi connectivity index (χ0n) is 6.95. The summed E-state index contributed by atoms with van der Waals surface area (Å²) < 4.78 is 10.5. The molecule has 0 heterocycles. The second kappa shape index (κ2) is 9.10. The van der Waals surface area contributed by atoms with Gasteiger partial charge in [0.2, 0.25) is 0 Å². The molecule has 0 aliphatic rings. The fraction of sp³-hybridized carbons (Fsp3) is 1.00. The molecule has 9 heteroatoms. The fourth-order valence-electron chi connectivity index (χ4n) is 0.761. The quantitative estimate of drug-likeness (QED) is 0.255. The van der Waals surface area contributed by atoms with Crippen LogP contribution < -0.4 is 0 Å². The molecular formula is C5H16NNa2O5P. The van der Waals surface area contributed by atoms with Crippen LogP contribution in [-0.2, 0) is 4.57 Å². The van der Waals surface area contributed by atoms with Gasteiger partial charge in [-0.05, 0) is 13.8 Å². The van der Waals surface area contributed by atoms with E-state index in [4.69, 9.17) is 20.0 Å². The number of nitrogens with zero attached hydrogens (tertiary/aromatic N) is 1. The molecule has 0 aromatic carbocycles. The van der Waals surface area contributed by atoms with Crippen molar-refractivity contribution in [3.05, 3.63) is 0 Å². The Kier molecular flexibility index (Phi) is 13.9. The second-order valence-corrected chi connectivity index (χ2v) is 4.20. The molecule has 0 saturated carbocycles. The van der Waals surface area contributed by atoms with Gasteiger partial charge in [0.05, 0.1) is 0 Å². The van der Waals surface area contributed by atoms with Crippen LogP contribution in [0.25, 0.3) is 0 Å². The van der Waals surface area contributed by atoms with Crippen molar-refractivity contribution in [1.29, 1.82) is 0 Å². The third kappa shape index (κ3) is 10.5. The van der Waals surface area contributed by atoms with Crippen molar-refractivity contribution in [2.24, 2.45) is 0 Å². The Labute approximate surface area is 127 Å². The first-order valence-electron chi connectivity index (χ1n) is 3.40. The van der Waals surface area contributed by atoms with Gasteiger partial charge in [0, 0.05) is 0 Å². The minimum absolute atomic E-state index is 0. The van der Waals surface area contributed by atoms with E-state index < -0.39 is 26.3 Å². The topological polar surface area (TPSA) is 101 Å². The summed E-state index contributed by atoms with van der Waals surface area (Å²) in [5.74, 6) is 0. The van der Waals surface area contributed by atoms with E-state index in [1.165, 1.54) is 13.8 Å². The monoisotopic (exact) mass is 247 g/mol. The molecule has 6 nitrogen and oxygen atoms in total. The summed E-state index contributed by atoms with van der Waals surface area (Å²) in [6.07, 6.45) is -2.82.